The molecule has 1 heterocycles. The Kier molecular flexibility index (Phi) is 5.56. The Morgan fingerprint density at radius 2 is 2.50 bits per heavy atom. The quantitative estimate of drug-likeness (QED) is 0.600. The first kappa shape index (κ1) is 11.5. The lowest BCUT2D eigenvalue weighted by Crippen LogP contribution is -2.30. The number of hydrogen-bond acceptors (Lipinski definition) is 3. The number of amides is 1. The summed E-state index contributed by atoms with van der Waals surface area (Å²) in [5.41, 5.74) is 0. The second kappa shape index (κ2) is 6.79. The van der Waals surface area contributed by atoms with Crippen LogP contribution in [-0.2, 0) is 9.53 Å². The van der Waals surface area contributed by atoms with Gasteiger partial charge < -0.3 is 15.4 Å². The molecule has 0 saturated carbocycles. The topological polar surface area (TPSA) is 50.4 Å². The maximum absolute atomic E-state index is 11.3. The van der Waals surface area contributed by atoms with Crippen LogP contribution in [0.1, 0.15) is 19.8 Å². The zero-order valence-corrected chi connectivity index (χ0v) is 8.84. The van der Waals surface area contributed by atoms with Gasteiger partial charge in [-0.1, -0.05) is 0 Å². The van der Waals surface area contributed by atoms with E-state index in [2.05, 4.69) is 10.6 Å². The van der Waals surface area contributed by atoms with Crippen molar-refractivity contribution < 1.29 is 9.53 Å². The summed E-state index contributed by atoms with van der Waals surface area (Å²) in [7, 11) is 0. The Morgan fingerprint density at radius 1 is 1.64 bits per heavy atom. The van der Waals surface area contributed by atoms with Crippen LogP contribution in [0.15, 0.2) is 0 Å². The van der Waals surface area contributed by atoms with Crippen LogP contribution in [0.4, 0.5) is 0 Å². The van der Waals surface area contributed by atoms with Gasteiger partial charge in [-0.3, -0.25) is 4.79 Å². The van der Waals surface area contributed by atoms with Gasteiger partial charge in [0.25, 0.3) is 0 Å². The minimum atomic E-state index is 0.102. The van der Waals surface area contributed by atoms with E-state index < -0.39 is 0 Å². The van der Waals surface area contributed by atoms with Crippen LogP contribution in [-0.4, -0.2) is 38.8 Å². The molecule has 2 N–H and O–H groups in total. The third kappa shape index (κ3) is 4.58. The van der Waals surface area contributed by atoms with Gasteiger partial charge in [0.05, 0.1) is 6.61 Å². The number of carbonyl (C=O) groups is 1. The Bertz CT molecular complexity index is 168. The van der Waals surface area contributed by atoms with E-state index in [1.54, 1.807) is 0 Å². The van der Waals surface area contributed by atoms with Gasteiger partial charge in [0.2, 0.25) is 5.91 Å². The van der Waals surface area contributed by atoms with Gasteiger partial charge in [-0.25, -0.2) is 0 Å². The van der Waals surface area contributed by atoms with Crippen LogP contribution in [0, 0.1) is 5.92 Å². The summed E-state index contributed by atoms with van der Waals surface area (Å²) in [4.78, 5) is 11.3. The van der Waals surface area contributed by atoms with Crippen molar-refractivity contribution in [3.8, 4) is 0 Å². The van der Waals surface area contributed by atoms with E-state index in [1.807, 2.05) is 6.92 Å². The fourth-order valence-electron chi connectivity index (χ4n) is 1.54. The number of ether oxygens (including phenoxy) is 1. The molecule has 0 aliphatic carbocycles. The number of carbonyl (C=O) groups excluding carboxylic acids is 1. The van der Waals surface area contributed by atoms with Crippen LogP contribution >= 0.6 is 0 Å². The summed E-state index contributed by atoms with van der Waals surface area (Å²) >= 11 is 0. The molecule has 1 rings (SSSR count). The van der Waals surface area contributed by atoms with Gasteiger partial charge >= 0.3 is 0 Å². The molecule has 4 heteroatoms. The van der Waals surface area contributed by atoms with E-state index in [9.17, 15) is 4.79 Å². The largest absolute Gasteiger partial charge is 0.381 e. The summed E-state index contributed by atoms with van der Waals surface area (Å²) in [6.07, 6.45) is 1.65. The predicted octanol–water partition coefficient (Wildman–Crippen LogP) is 0.139. The first-order valence-electron chi connectivity index (χ1n) is 5.38. The number of rotatable bonds is 6. The van der Waals surface area contributed by atoms with Gasteiger partial charge in [0.1, 0.15) is 0 Å². The molecule has 0 spiro atoms. The Labute approximate surface area is 85.4 Å². The SMILES string of the molecule is CCOCCC(=O)NCC1CCNC1. The Balaban J connectivity index is 1.96. The third-order valence-corrected chi connectivity index (χ3v) is 2.43. The number of nitrogens with one attached hydrogen (secondary N) is 2. The van der Waals surface area contributed by atoms with Crippen molar-refractivity contribution in [1.29, 1.82) is 0 Å². The smallest absolute Gasteiger partial charge is 0.222 e. The molecule has 1 aliphatic heterocycles. The van der Waals surface area contributed by atoms with E-state index in [0.29, 0.717) is 25.6 Å². The fourth-order valence-corrected chi connectivity index (χ4v) is 1.54. The highest BCUT2D eigenvalue weighted by Crippen LogP contribution is 2.05. The maximum Gasteiger partial charge on any atom is 0.222 e. The number of hydrogen-bond donors (Lipinski definition) is 2. The molecule has 0 aromatic heterocycles. The molecular formula is C10H20N2O2. The van der Waals surface area contributed by atoms with Gasteiger partial charge in [-0.15, -0.1) is 0 Å². The lowest BCUT2D eigenvalue weighted by molar-refractivity contribution is -0.122. The summed E-state index contributed by atoms with van der Waals surface area (Å²) < 4.78 is 5.10. The third-order valence-electron chi connectivity index (χ3n) is 2.43. The fraction of sp³-hybridized carbons (Fsp3) is 0.900. The van der Waals surface area contributed by atoms with E-state index >= 15 is 0 Å². The maximum atomic E-state index is 11.3. The Hall–Kier alpha value is -0.610. The van der Waals surface area contributed by atoms with Crippen LogP contribution in [0.3, 0.4) is 0 Å². The van der Waals surface area contributed by atoms with Crippen LogP contribution in [0.5, 0.6) is 0 Å². The summed E-state index contributed by atoms with van der Waals surface area (Å²) in [5, 5.41) is 6.20. The van der Waals surface area contributed by atoms with Crippen LogP contribution in [0.25, 0.3) is 0 Å². The highest BCUT2D eigenvalue weighted by atomic mass is 16.5. The molecule has 0 radical (unpaired) electrons. The van der Waals surface area contributed by atoms with Crippen LogP contribution < -0.4 is 10.6 Å². The normalized spacial score (nSPS) is 21.1. The molecule has 82 valence electrons. The summed E-state index contributed by atoms with van der Waals surface area (Å²) in [6.45, 7) is 6.07. The van der Waals surface area contributed by atoms with E-state index in [1.165, 1.54) is 6.42 Å². The molecule has 1 amide bonds. The second-order valence-electron chi connectivity index (χ2n) is 3.61. The first-order valence-corrected chi connectivity index (χ1v) is 5.38. The van der Waals surface area contributed by atoms with Gasteiger partial charge in [-0.2, -0.15) is 0 Å². The lowest BCUT2D eigenvalue weighted by Gasteiger charge is -2.09. The van der Waals surface area contributed by atoms with Crippen molar-refractivity contribution in [2.24, 2.45) is 5.92 Å². The summed E-state index contributed by atoms with van der Waals surface area (Å²) in [5.74, 6) is 0.719. The highest BCUT2D eigenvalue weighted by Gasteiger charge is 2.14. The molecule has 0 aromatic rings. The molecule has 1 atom stereocenters. The van der Waals surface area contributed by atoms with Gasteiger partial charge in [0.15, 0.2) is 0 Å². The average Bonchev–Trinajstić information content (AvgIpc) is 2.68. The van der Waals surface area contributed by atoms with Crippen molar-refractivity contribution >= 4 is 5.91 Å². The van der Waals surface area contributed by atoms with E-state index in [-0.39, 0.29) is 5.91 Å². The monoisotopic (exact) mass is 200 g/mol. The van der Waals surface area contributed by atoms with Crippen molar-refractivity contribution in [3.63, 3.8) is 0 Å². The second-order valence-corrected chi connectivity index (χ2v) is 3.61. The molecule has 1 unspecified atom stereocenters. The predicted molar refractivity (Wildman–Crippen MR) is 55.1 cm³/mol. The molecule has 14 heavy (non-hydrogen) atoms. The molecule has 1 saturated heterocycles. The molecule has 1 fully saturated rings. The van der Waals surface area contributed by atoms with Crippen molar-refractivity contribution in [1.82, 2.24) is 10.6 Å². The molecule has 1 aliphatic rings. The molecule has 0 aromatic carbocycles. The minimum Gasteiger partial charge on any atom is -0.381 e. The van der Waals surface area contributed by atoms with Crippen molar-refractivity contribution in [3.05, 3.63) is 0 Å². The molecular weight excluding hydrogens is 180 g/mol. The van der Waals surface area contributed by atoms with Crippen LogP contribution in [0.2, 0.25) is 0 Å². The van der Waals surface area contributed by atoms with E-state index in [0.717, 1.165) is 19.6 Å². The lowest BCUT2D eigenvalue weighted by atomic mass is 10.1. The Morgan fingerprint density at radius 3 is 3.14 bits per heavy atom. The summed E-state index contributed by atoms with van der Waals surface area (Å²) in [6, 6.07) is 0. The van der Waals surface area contributed by atoms with E-state index in [4.69, 9.17) is 4.74 Å². The molecule has 4 nitrogen and oxygen atoms in total. The highest BCUT2D eigenvalue weighted by molar-refractivity contribution is 5.75. The molecule has 0 bridgehead atoms. The zero-order chi connectivity index (χ0) is 10.2. The first-order chi connectivity index (χ1) is 6.83. The van der Waals surface area contributed by atoms with Gasteiger partial charge in [-0.05, 0) is 32.4 Å². The standard InChI is InChI=1S/C10H20N2O2/c1-2-14-6-4-10(13)12-8-9-3-5-11-7-9/h9,11H,2-8H2,1H3,(H,12,13). The van der Waals surface area contributed by atoms with Gasteiger partial charge in [0, 0.05) is 19.6 Å². The van der Waals surface area contributed by atoms with Crippen molar-refractivity contribution in [2.45, 2.75) is 19.8 Å². The average molecular weight is 200 g/mol. The minimum absolute atomic E-state index is 0.102. The van der Waals surface area contributed by atoms with Crippen molar-refractivity contribution in [2.75, 3.05) is 32.8 Å². The zero-order valence-electron chi connectivity index (χ0n) is 8.84.